The molecule has 0 saturated heterocycles. The first kappa shape index (κ1) is 12.6. The van der Waals surface area contributed by atoms with E-state index in [0.29, 0.717) is 5.56 Å². The van der Waals surface area contributed by atoms with Crippen molar-refractivity contribution in [3.63, 3.8) is 0 Å². The Kier molecular flexibility index (Phi) is 3.94. The second-order valence-electron chi connectivity index (χ2n) is 4.39. The number of halogens is 1. The van der Waals surface area contributed by atoms with Crippen molar-refractivity contribution >= 4 is 5.97 Å². The summed E-state index contributed by atoms with van der Waals surface area (Å²) in [5, 5.41) is 0. The minimum atomic E-state index is -0.512. The van der Waals surface area contributed by atoms with E-state index in [1.54, 1.807) is 0 Å². The molecular weight excluding hydrogens is 235 g/mol. The van der Waals surface area contributed by atoms with Crippen LogP contribution >= 0.6 is 0 Å². The van der Waals surface area contributed by atoms with E-state index in [1.165, 1.54) is 29.2 Å². The molecule has 1 atom stereocenters. The molecule has 1 aromatic carbocycles. The van der Waals surface area contributed by atoms with Crippen LogP contribution in [0.5, 0.6) is 0 Å². The number of nitrogens with one attached hydrogen (secondary N) is 2. The summed E-state index contributed by atoms with van der Waals surface area (Å²) >= 11 is 0. The number of quaternary nitrogens is 1. The van der Waals surface area contributed by atoms with E-state index in [1.807, 2.05) is 6.08 Å². The van der Waals surface area contributed by atoms with Gasteiger partial charge >= 0.3 is 5.97 Å². The Morgan fingerprint density at radius 1 is 1.39 bits per heavy atom. The van der Waals surface area contributed by atoms with Crippen LogP contribution in [0.15, 0.2) is 36.0 Å². The lowest BCUT2D eigenvalue weighted by Crippen LogP contribution is -3.09. The Balaban J connectivity index is 1.87. The summed E-state index contributed by atoms with van der Waals surface area (Å²) < 4.78 is 12.7. The molecular formula is C13H16FN2O2+. The van der Waals surface area contributed by atoms with Crippen LogP contribution in [-0.4, -0.2) is 26.1 Å². The third-order valence-electron chi connectivity index (χ3n) is 2.87. The predicted octanol–water partition coefficient (Wildman–Crippen LogP) is 0.289. The van der Waals surface area contributed by atoms with E-state index in [9.17, 15) is 9.18 Å². The van der Waals surface area contributed by atoms with Gasteiger partial charge in [-0.15, -0.1) is 0 Å². The van der Waals surface area contributed by atoms with Crippen LogP contribution in [0.3, 0.4) is 0 Å². The van der Waals surface area contributed by atoms with Crippen LogP contribution in [0.1, 0.15) is 16.8 Å². The van der Waals surface area contributed by atoms with Crippen molar-refractivity contribution in [2.45, 2.75) is 6.42 Å². The highest BCUT2D eigenvalue weighted by Gasteiger charge is 2.13. The van der Waals surface area contributed by atoms with Crippen LogP contribution < -0.4 is 10.4 Å². The fraction of sp³-hybridized carbons (Fsp3) is 0.308. The number of hydroxylamine groups is 1. The first-order valence-corrected chi connectivity index (χ1v) is 5.88. The standard InChI is InChI=1S/C13H15FN2O2/c1-16-8-6-12(7-9-16)15-18-13(17)10-2-4-11(14)5-3-10/h2-6,15H,7-9H2,1H3/p+1. The molecule has 0 aliphatic carbocycles. The Bertz CT molecular complexity index is 457. The van der Waals surface area contributed by atoms with Crippen molar-refractivity contribution < 1.29 is 18.9 Å². The maximum Gasteiger partial charge on any atom is 0.362 e. The topological polar surface area (TPSA) is 42.8 Å². The fourth-order valence-electron chi connectivity index (χ4n) is 1.70. The molecule has 0 amide bonds. The smallest absolute Gasteiger partial charge is 0.338 e. The lowest BCUT2D eigenvalue weighted by Gasteiger charge is -2.19. The molecule has 0 spiro atoms. The number of hydrogen-bond donors (Lipinski definition) is 2. The van der Waals surface area contributed by atoms with E-state index in [-0.39, 0.29) is 5.82 Å². The molecule has 0 fully saturated rings. The zero-order valence-corrected chi connectivity index (χ0v) is 10.2. The van der Waals surface area contributed by atoms with Gasteiger partial charge in [0.1, 0.15) is 5.82 Å². The third kappa shape index (κ3) is 3.30. The quantitative estimate of drug-likeness (QED) is 0.759. The van der Waals surface area contributed by atoms with Gasteiger partial charge in [-0.2, -0.15) is 0 Å². The van der Waals surface area contributed by atoms with Crippen LogP contribution in [0.2, 0.25) is 0 Å². The molecule has 1 heterocycles. The van der Waals surface area contributed by atoms with E-state index < -0.39 is 5.97 Å². The van der Waals surface area contributed by atoms with Gasteiger partial charge in [0.25, 0.3) is 0 Å². The molecule has 0 bridgehead atoms. The lowest BCUT2D eigenvalue weighted by atomic mass is 10.2. The Labute approximate surface area is 105 Å². The average molecular weight is 251 g/mol. The number of rotatable bonds is 3. The summed E-state index contributed by atoms with van der Waals surface area (Å²) in [6.07, 6.45) is 2.86. The highest BCUT2D eigenvalue weighted by molar-refractivity contribution is 5.89. The van der Waals surface area contributed by atoms with Crippen LogP contribution in [0.4, 0.5) is 4.39 Å². The summed E-state index contributed by atoms with van der Waals surface area (Å²) in [5.41, 5.74) is 3.89. The van der Waals surface area contributed by atoms with Crippen molar-refractivity contribution in [3.05, 3.63) is 47.4 Å². The first-order valence-electron chi connectivity index (χ1n) is 5.88. The van der Waals surface area contributed by atoms with Crippen molar-refractivity contribution in [3.8, 4) is 0 Å². The second-order valence-corrected chi connectivity index (χ2v) is 4.39. The molecule has 0 radical (unpaired) electrons. The lowest BCUT2D eigenvalue weighted by molar-refractivity contribution is -0.875. The molecule has 18 heavy (non-hydrogen) atoms. The normalized spacial score (nSPS) is 19.0. The van der Waals surface area contributed by atoms with Gasteiger partial charge in [0.2, 0.25) is 0 Å². The number of benzene rings is 1. The summed E-state index contributed by atoms with van der Waals surface area (Å²) in [6, 6.07) is 5.25. The third-order valence-corrected chi connectivity index (χ3v) is 2.87. The molecule has 1 unspecified atom stereocenters. The maximum absolute atomic E-state index is 12.7. The van der Waals surface area contributed by atoms with Crippen LogP contribution in [0.25, 0.3) is 0 Å². The fourth-order valence-corrected chi connectivity index (χ4v) is 1.70. The van der Waals surface area contributed by atoms with E-state index in [2.05, 4.69) is 12.5 Å². The monoisotopic (exact) mass is 251 g/mol. The minimum Gasteiger partial charge on any atom is -0.338 e. The zero-order valence-electron chi connectivity index (χ0n) is 10.2. The van der Waals surface area contributed by atoms with Gasteiger partial charge in [0, 0.05) is 6.42 Å². The van der Waals surface area contributed by atoms with Gasteiger partial charge < -0.3 is 9.74 Å². The number of carbonyl (C=O) groups is 1. The summed E-state index contributed by atoms with van der Waals surface area (Å²) in [7, 11) is 2.11. The van der Waals surface area contributed by atoms with E-state index in [4.69, 9.17) is 4.84 Å². The van der Waals surface area contributed by atoms with Gasteiger partial charge in [-0.05, 0) is 30.3 Å². The summed E-state index contributed by atoms with van der Waals surface area (Å²) in [6.45, 7) is 1.92. The molecule has 96 valence electrons. The van der Waals surface area contributed by atoms with Crippen molar-refractivity contribution in [2.24, 2.45) is 0 Å². The Morgan fingerprint density at radius 2 is 2.11 bits per heavy atom. The molecule has 2 rings (SSSR count). The highest BCUT2D eigenvalue weighted by Crippen LogP contribution is 2.05. The zero-order chi connectivity index (χ0) is 13.0. The number of hydrogen-bond acceptors (Lipinski definition) is 3. The van der Waals surface area contributed by atoms with Crippen molar-refractivity contribution in [1.82, 2.24) is 5.48 Å². The van der Waals surface area contributed by atoms with Crippen molar-refractivity contribution in [2.75, 3.05) is 20.1 Å². The second kappa shape index (κ2) is 5.64. The molecule has 5 heteroatoms. The van der Waals surface area contributed by atoms with Crippen LogP contribution in [0, 0.1) is 5.82 Å². The highest BCUT2D eigenvalue weighted by atomic mass is 19.1. The average Bonchev–Trinajstić information content (AvgIpc) is 2.38. The molecule has 0 aromatic heterocycles. The van der Waals surface area contributed by atoms with Crippen LogP contribution in [-0.2, 0) is 4.84 Å². The molecule has 1 aromatic rings. The summed E-state index contributed by atoms with van der Waals surface area (Å²) in [4.78, 5) is 18.0. The van der Waals surface area contributed by atoms with Gasteiger partial charge in [-0.3, -0.25) is 0 Å². The van der Waals surface area contributed by atoms with E-state index >= 15 is 0 Å². The first-order chi connectivity index (χ1) is 8.65. The van der Waals surface area contributed by atoms with Gasteiger partial charge in [0.05, 0.1) is 31.4 Å². The number of carbonyl (C=O) groups excluding carboxylic acids is 1. The molecule has 4 nitrogen and oxygen atoms in total. The molecule has 2 N–H and O–H groups in total. The molecule has 0 saturated carbocycles. The largest absolute Gasteiger partial charge is 0.362 e. The molecule has 1 aliphatic rings. The predicted molar refractivity (Wildman–Crippen MR) is 64.3 cm³/mol. The maximum atomic E-state index is 12.7. The Morgan fingerprint density at radius 3 is 2.72 bits per heavy atom. The van der Waals surface area contributed by atoms with Gasteiger partial charge in [0.15, 0.2) is 0 Å². The molecule has 1 aliphatic heterocycles. The van der Waals surface area contributed by atoms with Gasteiger partial charge in [-0.25, -0.2) is 14.7 Å². The summed E-state index contributed by atoms with van der Waals surface area (Å²) in [5.74, 6) is -0.886. The van der Waals surface area contributed by atoms with Gasteiger partial charge in [-0.1, -0.05) is 0 Å². The minimum absolute atomic E-state index is 0.322. The Hall–Kier alpha value is -1.88. The SMILES string of the molecule is C[NH+]1CC=C(NOC(=O)c2ccc(F)cc2)CC1. The number of likely N-dealkylation sites (N-methyl/N-ethyl adjacent to an activating group) is 1. The van der Waals surface area contributed by atoms with E-state index in [0.717, 1.165) is 25.2 Å². The van der Waals surface area contributed by atoms with Crippen molar-refractivity contribution in [1.29, 1.82) is 0 Å².